The van der Waals surface area contributed by atoms with Crippen LogP contribution in [0.15, 0.2) is 66.9 Å². The lowest BCUT2D eigenvalue weighted by molar-refractivity contribution is 0.0984. The van der Waals surface area contributed by atoms with Gasteiger partial charge in [0.2, 0.25) is 0 Å². The summed E-state index contributed by atoms with van der Waals surface area (Å²) < 4.78 is 6.72. The van der Waals surface area contributed by atoms with E-state index < -0.39 is 0 Å². The van der Waals surface area contributed by atoms with Gasteiger partial charge in [-0.05, 0) is 48.9 Å². The lowest BCUT2D eigenvalue weighted by Gasteiger charge is -2.20. The van der Waals surface area contributed by atoms with Gasteiger partial charge in [0.25, 0.3) is 5.91 Å². The minimum absolute atomic E-state index is 0.165. The number of anilines is 1. The Morgan fingerprint density at radius 3 is 2.77 bits per heavy atom. The number of unbranched alkanes of at least 4 members (excludes halogenated alkanes) is 1. The summed E-state index contributed by atoms with van der Waals surface area (Å²) in [6.07, 6.45) is 3.74. The van der Waals surface area contributed by atoms with Crippen molar-refractivity contribution in [1.82, 2.24) is 9.97 Å². The summed E-state index contributed by atoms with van der Waals surface area (Å²) in [5.41, 5.74) is 2.01. The fourth-order valence-electron chi connectivity index (χ4n) is 3.11. The van der Waals surface area contributed by atoms with E-state index in [1.807, 2.05) is 42.5 Å². The SMILES string of the molecule is CCCCOc1cccc(C(=O)N(Cc2ccccn2)c2nc3c(Cl)cccc3s2)c1. The Labute approximate surface area is 190 Å². The van der Waals surface area contributed by atoms with E-state index in [0.717, 1.165) is 23.2 Å². The van der Waals surface area contributed by atoms with Crippen LogP contribution in [0.3, 0.4) is 0 Å². The fourth-order valence-corrected chi connectivity index (χ4v) is 4.37. The Kier molecular flexibility index (Phi) is 6.79. The van der Waals surface area contributed by atoms with E-state index in [0.29, 0.717) is 40.1 Å². The average molecular weight is 452 g/mol. The molecule has 158 valence electrons. The monoisotopic (exact) mass is 451 g/mol. The van der Waals surface area contributed by atoms with Gasteiger partial charge in [-0.15, -0.1) is 0 Å². The summed E-state index contributed by atoms with van der Waals surface area (Å²) in [4.78, 5) is 24.3. The molecule has 0 bridgehead atoms. The summed E-state index contributed by atoms with van der Waals surface area (Å²) in [6, 6.07) is 18.6. The molecule has 0 aliphatic carbocycles. The van der Waals surface area contributed by atoms with Crippen molar-refractivity contribution in [3.8, 4) is 5.75 Å². The number of pyridine rings is 1. The van der Waals surface area contributed by atoms with Crippen molar-refractivity contribution in [3.05, 3.63) is 83.1 Å². The first-order chi connectivity index (χ1) is 15.2. The molecule has 0 saturated carbocycles. The number of hydrogen-bond acceptors (Lipinski definition) is 5. The van der Waals surface area contributed by atoms with Crippen molar-refractivity contribution in [2.24, 2.45) is 0 Å². The molecule has 0 N–H and O–H groups in total. The molecule has 5 nitrogen and oxygen atoms in total. The summed E-state index contributed by atoms with van der Waals surface area (Å²) >= 11 is 7.76. The Morgan fingerprint density at radius 1 is 1.13 bits per heavy atom. The van der Waals surface area contributed by atoms with E-state index in [-0.39, 0.29) is 5.91 Å². The molecule has 0 fully saturated rings. The molecule has 4 aromatic rings. The quantitative estimate of drug-likeness (QED) is 0.292. The number of para-hydroxylation sites is 1. The Bertz CT molecular complexity index is 1180. The Morgan fingerprint density at radius 2 is 2.00 bits per heavy atom. The summed E-state index contributed by atoms with van der Waals surface area (Å²) in [6.45, 7) is 3.04. The van der Waals surface area contributed by atoms with Crippen LogP contribution in [0.4, 0.5) is 5.13 Å². The standard InChI is InChI=1S/C24H22ClN3O2S/c1-2-3-14-30-19-10-6-8-17(15-19)23(29)28(16-18-9-4-5-13-26-18)24-27-22-20(25)11-7-12-21(22)31-24/h4-13,15H,2-3,14,16H2,1H3. The molecular formula is C24H22ClN3O2S. The first-order valence-electron chi connectivity index (χ1n) is 10.2. The zero-order valence-electron chi connectivity index (χ0n) is 17.1. The summed E-state index contributed by atoms with van der Waals surface area (Å²) in [5, 5.41) is 1.15. The largest absolute Gasteiger partial charge is 0.494 e. The number of thiazole rings is 1. The third kappa shape index (κ3) is 5.03. The molecule has 2 aromatic carbocycles. The van der Waals surface area contributed by atoms with Crippen LogP contribution in [0.25, 0.3) is 10.2 Å². The van der Waals surface area contributed by atoms with Crippen molar-refractivity contribution in [3.63, 3.8) is 0 Å². The smallest absolute Gasteiger partial charge is 0.260 e. The van der Waals surface area contributed by atoms with Gasteiger partial charge in [0.05, 0.1) is 28.6 Å². The van der Waals surface area contributed by atoms with Crippen molar-refractivity contribution in [2.45, 2.75) is 26.3 Å². The highest BCUT2D eigenvalue weighted by Gasteiger charge is 2.23. The van der Waals surface area contributed by atoms with Gasteiger partial charge in [0, 0.05) is 11.8 Å². The van der Waals surface area contributed by atoms with Gasteiger partial charge in [-0.1, -0.05) is 54.5 Å². The molecule has 4 rings (SSSR count). The van der Waals surface area contributed by atoms with Crippen molar-refractivity contribution < 1.29 is 9.53 Å². The van der Waals surface area contributed by atoms with Gasteiger partial charge in [0.1, 0.15) is 11.3 Å². The number of halogens is 1. The van der Waals surface area contributed by atoms with E-state index in [9.17, 15) is 4.79 Å². The van der Waals surface area contributed by atoms with Crippen molar-refractivity contribution in [2.75, 3.05) is 11.5 Å². The number of carbonyl (C=O) groups excluding carboxylic acids is 1. The van der Waals surface area contributed by atoms with Gasteiger partial charge in [-0.3, -0.25) is 14.7 Å². The van der Waals surface area contributed by atoms with E-state index in [1.165, 1.54) is 11.3 Å². The van der Waals surface area contributed by atoms with E-state index in [4.69, 9.17) is 16.3 Å². The number of ether oxygens (including phenoxy) is 1. The number of fused-ring (bicyclic) bond motifs is 1. The molecule has 1 amide bonds. The van der Waals surface area contributed by atoms with Gasteiger partial charge in [-0.2, -0.15) is 0 Å². The highest BCUT2D eigenvalue weighted by atomic mass is 35.5. The second-order valence-corrected chi connectivity index (χ2v) is 8.44. The van der Waals surface area contributed by atoms with Crippen LogP contribution in [0.1, 0.15) is 35.8 Å². The number of rotatable bonds is 8. The van der Waals surface area contributed by atoms with Crippen LogP contribution in [0.5, 0.6) is 5.75 Å². The van der Waals surface area contributed by atoms with E-state index in [1.54, 1.807) is 29.3 Å². The number of carbonyl (C=O) groups is 1. The van der Waals surface area contributed by atoms with Gasteiger partial charge in [-0.25, -0.2) is 4.98 Å². The minimum Gasteiger partial charge on any atom is -0.494 e. The Balaban J connectivity index is 1.69. The van der Waals surface area contributed by atoms with Gasteiger partial charge >= 0.3 is 0 Å². The van der Waals surface area contributed by atoms with Crippen LogP contribution >= 0.6 is 22.9 Å². The lowest BCUT2D eigenvalue weighted by atomic mass is 10.2. The van der Waals surface area contributed by atoms with Crippen LogP contribution < -0.4 is 9.64 Å². The molecule has 0 aliphatic heterocycles. The summed E-state index contributed by atoms with van der Waals surface area (Å²) in [5.74, 6) is 0.520. The third-order valence-electron chi connectivity index (χ3n) is 4.73. The maximum atomic E-state index is 13.6. The molecule has 0 atom stereocenters. The number of hydrogen-bond donors (Lipinski definition) is 0. The predicted octanol–water partition coefficient (Wildman–Crippen LogP) is 6.37. The molecule has 2 aromatic heterocycles. The lowest BCUT2D eigenvalue weighted by Crippen LogP contribution is -2.30. The highest BCUT2D eigenvalue weighted by molar-refractivity contribution is 7.22. The molecule has 0 unspecified atom stereocenters. The fraction of sp³-hybridized carbons (Fsp3) is 0.208. The number of aromatic nitrogens is 2. The summed E-state index contributed by atoms with van der Waals surface area (Å²) in [7, 11) is 0. The van der Waals surface area contributed by atoms with E-state index in [2.05, 4.69) is 16.9 Å². The molecule has 31 heavy (non-hydrogen) atoms. The van der Waals surface area contributed by atoms with Gasteiger partial charge in [0.15, 0.2) is 5.13 Å². The zero-order chi connectivity index (χ0) is 21.6. The van der Waals surface area contributed by atoms with Crippen molar-refractivity contribution >= 4 is 44.2 Å². The molecule has 2 heterocycles. The second-order valence-electron chi connectivity index (χ2n) is 7.03. The van der Waals surface area contributed by atoms with Crippen LogP contribution in [-0.2, 0) is 6.54 Å². The number of nitrogens with zero attached hydrogens (tertiary/aromatic N) is 3. The topological polar surface area (TPSA) is 55.3 Å². The average Bonchev–Trinajstić information content (AvgIpc) is 3.24. The Hall–Kier alpha value is -2.96. The minimum atomic E-state index is -0.165. The van der Waals surface area contributed by atoms with E-state index >= 15 is 0 Å². The number of benzene rings is 2. The molecular weight excluding hydrogens is 430 g/mol. The molecule has 0 saturated heterocycles. The van der Waals surface area contributed by atoms with Crippen LogP contribution in [0.2, 0.25) is 5.02 Å². The van der Waals surface area contributed by atoms with Gasteiger partial charge < -0.3 is 4.74 Å². The first kappa shape index (κ1) is 21.3. The maximum absolute atomic E-state index is 13.6. The molecule has 0 spiro atoms. The molecule has 0 aliphatic rings. The molecule has 7 heteroatoms. The second kappa shape index (κ2) is 9.90. The van der Waals surface area contributed by atoms with Crippen LogP contribution in [-0.4, -0.2) is 22.5 Å². The normalized spacial score (nSPS) is 10.9. The predicted molar refractivity (Wildman–Crippen MR) is 126 cm³/mol. The third-order valence-corrected chi connectivity index (χ3v) is 6.08. The highest BCUT2D eigenvalue weighted by Crippen LogP contribution is 2.34. The number of amides is 1. The molecule has 0 radical (unpaired) electrons. The van der Waals surface area contributed by atoms with Crippen molar-refractivity contribution in [1.29, 1.82) is 0 Å². The first-order valence-corrected chi connectivity index (χ1v) is 11.3. The van der Waals surface area contributed by atoms with Crippen LogP contribution in [0, 0.1) is 0 Å². The maximum Gasteiger partial charge on any atom is 0.260 e. The zero-order valence-corrected chi connectivity index (χ0v) is 18.7.